The third-order valence-corrected chi connectivity index (χ3v) is 3.61. The van der Waals surface area contributed by atoms with Crippen LogP contribution in [0.25, 0.3) is 0 Å². The number of hydrogen-bond acceptors (Lipinski definition) is 4. The van der Waals surface area contributed by atoms with Gasteiger partial charge in [0, 0.05) is 0 Å². The molecule has 6 nitrogen and oxygen atoms in total. The topological polar surface area (TPSA) is 87.7 Å². The Labute approximate surface area is 123 Å². The number of carbonyl (C=O) groups excluding carboxylic acids is 1. The van der Waals surface area contributed by atoms with Gasteiger partial charge in [0.1, 0.15) is 12.6 Å². The van der Waals surface area contributed by atoms with Gasteiger partial charge in [-0.25, -0.2) is 9.59 Å². The van der Waals surface area contributed by atoms with Gasteiger partial charge in [-0.1, -0.05) is 30.3 Å². The van der Waals surface area contributed by atoms with Gasteiger partial charge in [0.05, 0.1) is 0 Å². The van der Waals surface area contributed by atoms with Crippen molar-refractivity contribution in [3.05, 3.63) is 35.9 Å². The average molecular weight is 292 g/mol. The summed E-state index contributed by atoms with van der Waals surface area (Å²) in [5.74, 6) is -1.08. The predicted molar refractivity (Wildman–Crippen MR) is 76.8 cm³/mol. The number of piperidine rings is 1. The van der Waals surface area contributed by atoms with Gasteiger partial charge in [-0.05, 0) is 37.4 Å². The number of alkyl carbamates (subject to hydrolysis) is 1. The van der Waals surface area contributed by atoms with Crippen molar-refractivity contribution >= 4 is 12.1 Å². The fourth-order valence-electron chi connectivity index (χ4n) is 2.45. The van der Waals surface area contributed by atoms with E-state index in [1.165, 1.54) is 0 Å². The van der Waals surface area contributed by atoms with Crippen molar-refractivity contribution in [2.45, 2.75) is 25.5 Å². The molecule has 1 aromatic carbocycles. The standard InChI is InChI=1S/C15H20N2O4/c18-14(19)13(12-6-8-16-9-7-12)17-15(20)21-10-11-4-2-1-3-5-11/h1-5,12-13,16H,6-10H2,(H,17,20)(H,18,19). The quantitative estimate of drug-likeness (QED) is 0.763. The Morgan fingerprint density at radius 1 is 1.29 bits per heavy atom. The highest BCUT2D eigenvalue weighted by Crippen LogP contribution is 2.17. The largest absolute Gasteiger partial charge is 0.480 e. The zero-order valence-electron chi connectivity index (χ0n) is 11.7. The monoisotopic (exact) mass is 292 g/mol. The lowest BCUT2D eigenvalue weighted by Crippen LogP contribution is -2.49. The number of benzene rings is 1. The molecule has 2 rings (SSSR count). The van der Waals surface area contributed by atoms with Crippen molar-refractivity contribution in [2.75, 3.05) is 13.1 Å². The molecule has 0 aromatic heterocycles. The Hall–Kier alpha value is -2.08. The van der Waals surface area contributed by atoms with E-state index in [9.17, 15) is 14.7 Å². The van der Waals surface area contributed by atoms with Crippen LogP contribution in [0.3, 0.4) is 0 Å². The van der Waals surface area contributed by atoms with Crippen LogP contribution in [0.1, 0.15) is 18.4 Å². The number of carboxylic acids is 1. The molecule has 1 atom stereocenters. The van der Waals surface area contributed by atoms with E-state index in [0.29, 0.717) is 0 Å². The van der Waals surface area contributed by atoms with Crippen LogP contribution < -0.4 is 10.6 Å². The second-order valence-electron chi connectivity index (χ2n) is 5.11. The molecule has 1 amide bonds. The maximum absolute atomic E-state index is 11.8. The van der Waals surface area contributed by atoms with Gasteiger partial charge in [-0.3, -0.25) is 0 Å². The number of carboxylic acid groups (broad SMARTS) is 1. The smallest absolute Gasteiger partial charge is 0.408 e. The highest BCUT2D eigenvalue weighted by atomic mass is 16.5. The Morgan fingerprint density at radius 2 is 1.95 bits per heavy atom. The van der Waals surface area contributed by atoms with Crippen LogP contribution in [0, 0.1) is 5.92 Å². The highest BCUT2D eigenvalue weighted by Gasteiger charge is 2.31. The maximum atomic E-state index is 11.8. The summed E-state index contributed by atoms with van der Waals surface area (Å²) in [6.45, 7) is 1.68. The average Bonchev–Trinajstić information content (AvgIpc) is 2.52. The number of aliphatic carboxylic acids is 1. The molecule has 0 bridgehead atoms. The van der Waals surface area contributed by atoms with E-state index in [0.717, 1.165) is 31.5 Å². The van der Waals surface area contributed by atoms with E-state index in [-0.39, 0.29) is 12.5 Å². The molecule has 1 aliphatic heterocycles. The zero-order chi connectivity index (χ0) is 15.1. The summed E-state index contributed by atoms with van der Waals surface area (Å²) in [5, 5.41) is 14.9. The summed E-state index contributed by atoms with van der Waals surface area (Å²) >= 11 is 0. The molecule has 21 heavy (non-hydrogen) atoms. The molecule has 1 fully saturated rings. The number of amides is 1. The molecule has 6 heteroatoms. The molecule has 0 saturated carbocycles. The van der Waals surface area contributed by atoms with Gasteiger partial charge in [-0.2, -0.15) is 0 Å². The second-order valence-corrected chi connectivity index (χ2v) is 5.11. The van der Waals surface area contributed by atoms with Crippen molar-refractivity contribution in [1.29, 1.82) is 0 Å². The normalized spacial score (nSPS) is 17.0. The molecule has 1 aliphatic rings. The first-order valence-corrected chi connectivity index (χ1v) is 7.07. The fourth-order valence-corrected chi connectivity index (χ4v) is 2.45. The maximum Gasteiger partial charge on any atom is 0.408 e. The van der Waals surface area contributed by atoms with Gasteiger partial charge in [0.2, 0.25) is 0 Å². The van der Waals surface area contributed by atoms with E-state index in [2.05, 4.69) is 10.6 Å². The number of rotatable bonds is 5. The summed E-state index contributed by atoms with van der Waals surface area (Å²) in [7, 11) is 0. The Bertz CT molecular complexity index is 472. The fraction of sp³-hybridized carbons (Fsp3) is 0.467. The zero-order valence-corrected chi connectivity index (χ0v) is 11.7. The summed E-state index contributed by atoms with van der Waals surface area (Å²) in [6, 6.07) is 8.37. The molecule has 1 unspecified atom stereocenters. The van der Waals surface area contributed by atoms with Gasteiger partial charge >= 0.3 is 12.1 Å². The molecule has 1 saturated heterocycles. The number of hydrogen-bond donors (Lipinski definition) is 3. The molecule has 0 radical (unpaired) electrons. The van der Waals surface area contributed by atoms with Gasteiger partial charge in [0.15, 0.2) is 0 Å². The number of carbonyl (C=O) groups is 2. The van der Waals surface area contributed by atoms with Crippen LogP contribution in [0.2, 0.25) is 0 Å². The Balaban J connectivity index is 1.84. The van der Waals surface area contributed by atoms with Crippen LogP contribution in [-0.2, 0) is 16.1 Å². The number of nitrogens with one attached hydrogen (secondary N) is 2. The van der Waals surface area contributed by atoms with Crippen LogP contribution in [0.5, 0.6) is 0 Å². The predicted octanol–water partition coefficient (Wildman–Crippen LogP) is 1.37. The van der Waals surface area contributed by atoms with Crippen LogP contribution in [-0.4, -0.2) is 36.3 Å². The van der Waals surface area contributed by atoms with Crippen molar-refractivity contribution in [3.63, 3.8) is 0 Å². The third kappa shape index (κ3) is 4.75. The summed E-state index contributed by atoms with van der Waals surface area (Å²) < 4.78 is 5.07. The molecule has 1 heterocycles. The SMILES string of the molecule is O=C(NC(C(=O)O)C1CCNCC1)OCc1ccccc1. The van der Waals surface area contributed by atoms with Crippen LogP contribution >= 0.6 is 0 Å². The lowest BCUT2D eigenvalue weighted by molar-refractivity contribution is -0.141. The lowest BCUT2D eigenvalue weighted by Gasteiger charge is -2.28. The third-order valence-electron chi connectivity index (χ3n) is 3.61. The first-order chi connectivity index (χ1) is 10.2. The van der Waals surface area contributed by atoms with Gasteiger partial charge in [0.25, 0.3) is 0 Å². The van der Waals surface area contributed by atoms with E-state index in [4.69, 9.17) is 4.74 Å². The summed E-state index contributed by atoms with van der Waals surface area (Å²) in [5.41, 5.74) is 0.862. The minimum absolute atomic E-state index is 0.0620. The summed E-state index contributed by atoms with van der Waals surface area (Å²) in [4.78, 5) is 23.1. The van der Waals surface area contributed by atoms with Gasteiger partial charge in [-0.15, -0.1) is 0 Å². The van der Waals surface area contributed by atoms with Crippen molar-refractivity contribution in [2.24, 2.45) is 5.92 Å². The molecule has 0 spiro atoms. The van der Waals surface area contributed by atoms with Crippen molar-refractivity contribution < 1.29 is 19.4 Å². The minimum Gasteiger partial charge on any atom is -0.480 e. The van der Waals surface area contributed by atoms with E-state index >= 15 is 0 Å². The Kier molecular flexibility index (Phi) is 5.57. The lowest BCUT2D eigenvalue weighted by atomic mass is 9.90. The molecule has 114 valence electrons. The highest BCUT2D eigenvalue weighted by molar-refractivity contribution is 5.80. The molecular formula is C15H20N2O4. The van der Waals surface area contributed by atoms with E-state index in [1.807, 2.05) is 30.3 Å². The van der Waals surface area contributed by atoms with Crippen molar-refractivity contribution in [1.82, 2.24) is 10.6 Å². The first kappa shape index (κ1) is 15.3. The van der Waals surface area contributed by atoms with Gasteiger partial charge < -0.3 is 20.5 Å². The first-order valence-electron chi connectivity index (χ1n) is 7.07. The van der Waals surface area contributed by atoms with Crippen molar-refractivity contribution in [3.8, 4) is 0 Å². The molecule has 1 aromatic rings. The minimum atomic E-state index is -1.02. The Morgan fingerprint density at radius 3 is 2.57 bits per heavy atom. The molecule has 3 N–H and O–H groups in total. The number of ether oxygens (including phenoxy) is 1. The van der Waals surface area contributed by atoms with E-state index in [1.54, 1.807) is 0 Å². The molecule has 0 aliphatic carbocycles. The van der Waals surface area contributed by atoms with Crippen LogP contribution in [0.4, 0.5) is 4.79 Å². The van der Waals surface area contributed by atoms with E-state index < -0.39 is 18.1 Å². The molecular weight excluding hydrogens is 272 g/mol. The van der Waals surface area contributed by atoms with Crippen LogP contribution in [0.15, 0.2) is 30.3 Å². The second kappa shape index (κ2) is 7.64. The summed E-state index contributed by atoms with van der Waals surface area (Å²) in [6.07, 6.45) is 0.774.